The molecule has 0 bridgehead atoms. The summed E-state index contributed by atoms with van der Waals surface area (Å²) in [6.07, 6.45) is -4.43. The highest BCUT2D eigenvalue weighted by molar-refractivity contribution is 5.93. The van der Waals surface area contributed by atoms with Crippen LogP contribution in [0.25, 0.3) is 17.1 Å². The first kappa shape index (κ1) is 23.3. The summed E-state index contributed by atoms with van der Waals surface area (Å²) in [6.45, 7) is 7.16. The maximum atomic E-state index is 13.1. The van der Waals surface area contributed by atoms with Gasteiger partial charge in [-0.25, -0.2) is 9.67 Å². The fraction of sp³-hybridized carbons (Fsp3) is 0.240. The Morgan fingerprint density at radius 2 is 1.76 bits per heavy atom. The molecule has 0 fully saturated rings. The van der Waals surface area contributed by atoms with Crippen LogP contribution in [0, 0.1) is 27.7 Å². The van der Waals surface area contributed by atoms with Gasteiger partial charge in [0.2, 0.25) is 11.8 Å². The van der Waals surface area contributed by atoms with E-state index in [1.165, 1.54) is 10.7 Å². The molecule has 0 unspecified atom stereocenters. The molecular weight excluding hydrogens is 445 g/mol. The van der Waals surface area contributed by atoms with E-state index in [0.717, 1.165) is 29.2 Å². The van der Waals surface area contributed by atoms with Gasteiger partial charge in [-0.15, -0.1) is 0 Å². The number of benzene rings is 2. The summed E-state index contributed by atoms with van der Waals surface area (Å²) in [7, 11) is 0. The van der Waals surface area contributed by atoms with Gasteiger partial charge < -0.3 is 9.73 Å². The van der Waals surface area contributed by atoms with E-state index in [0.29, 0.717) is 28.5 Å². The molecule has 0 aliphatic heterocycles. The van der Waals surface area contributed by atoms with E-state index in [9.17, 15) is 18.0 Å². The standard InChI is InChI=1S/C25H23F3N4O2/c1-14-17(4)34-24(29-14)18-7-5-9-20(11-18)30-23(33)13-22-15(2)31-32(16(22)3)21-10-6-8-19(12-21)25(26,27)28/h5-12H,13H2,1-4H3,(H,30,33). The number of alkyl halides is 3. The Hall–Kier alpha value is -3.88. The van der Waals surface area contributed by atoms with Gasteiger partial charge in [-0.05, 0) is 64.1 Å². The van der Waals surface area contributed by atoms with E-state index in [2.05, 4.69) is 15.4 Å². The molecule has 9 heteroatoms. The van der Waals surface area contributed by atoms with Crippen LogP contribution in [0.1, 0.15) is 34.0 Å². The van der Waals surface area contributed by atoms with Gasteiger partial charge in [-0.2, -0.15) is 18.3 Å². The Balaban J connectivity index is 1.54. The predicted octanol–water partition coefficient (Wildman–Crippen LogP) is 5.96. The fourth-order valence-corrected chi connectivity index (χ4v) is 3.69. The zero-order chi connectivity index (χ0) is 24.6. The highest BCUT2D eigenvalue weighted by Gasteiger charge is 2.30. The minimum absolute atomic E-state index is 0.0259. The molecule has 0 radical (unpaired) electrons. The van der Waals surface area contributed by atoms with E-state index in [-0.39, 0.29) is 18.0 Å². The Morgan fingerprint density at radius 1 is 1.03 bits per heavy atom. The summed E-state index contributed by atoms with van der Waals surface area (Å²) in [6, 6.07) is 12.1. The summed E-state index contributed by atoms with van der Waals surface area (Å²) in [5.74, 6) is 0.931. The van der Waals surface area contributed by atoms with Gasteiger partial charge in [-0.1, -0.05) is 12.1 Å². The van der Waals surface area contributed by atoms with Crippen molar-refractivity contribution < 1.29 is 22.4 Å². The van der Waals surface area contributed by atoms with Gasteiger partial charge in [-0.3, -0.25) is 4.79 Å². The molecule has 0 spiro atoms. The fourth-order valence-electron chi connectivity index (χ4n) is 3.69. The number of halogens is 3. The molecule has 4 aromatic rings. The molecule has 2 aromatic carbocycles. The number of carbonyl (C=O) groups is 1. The number of hydrogen-bond donors (Lipinski definition) is 1. The third kappa shape index (κ3) is 4.73. The van der Waals surface area contributed by atoms with Crippen molar-refractivity contribution in [3.8, 4) is 17.1 Å². The lowest BCUT2D eigenvalue weighted by atomic mass is 10.1. The quantitative estimate of drug-likeness (QED) is 0.392. The van der Waals surface area contributed by atoms with Gasteiger partial charge >= 0.3 is 6.18 Å². The van der Waals surface area contributed by atoms with Crippen LogP contribution < -0.4 is 5.32 Å². The second kappa shape index (κ2) is 8.81. The van der Waals surface area contributed by atoms with Gasteiger partial charge in [0.25, 0.3) is 0 Å². The van der Waals surface area contributed by atoms with Crippen molar-refractivity contribution in [1.82, 2.24) is 14.8 Å². The molecular formula is C25H23F3N4O2. The van der Waals surface area contributed by atoms with Crippen molar-refractivity contribution in [2.75, 3.05) is 5.32 Å². The van der Waals surface area contributed by atoms with E-state index in [1.54, 1.807) is 38.1 Å². The first-order chi connectivity index (χ1) is 16.0. The molecule has 6 nitrogen and oxygen atoms in total. The van der Waals surface area contributed by atoms with Crippen molar-refractivity contribution in [1.29, 1.82) is 0 Å². The van der Waals surface area contributed by atoms with Crippen LogP contribution in [-0.2, 0) is 17.4 Å². The molecule has 34 heavy (non-hydrogen) atoms. The van der Waals surface area contributed by atoms with Gasteiger partial charge in [0.15, 0.2) is 0 Å². The summed E-state index contributed by atoms with van der Waals surface area (Å²) >= 11 is 0. The number of hydrogen-bond acceptors (Lipinski definition) is 4. The highest BCUT2D eigenvalue weighted by Crippen LogP contribution is 2.31. The maximum Gasteiger partial charge on any atom is 0.416 e. The smallest absolute Gasteiger partial charge is 0.416 e. The van der Waals surface area contributed by atoms with Crippen molar-refractivity contribution in [3.63, 3.8) is 0 Å². The molecule has 0 aliphatic rings. The number of amides is 1. The largest absolute Gasteiger partial charge is 0.441 e. The zero-order valence-electron chi connectivity index (χ0n) is 19.1. The number of aromatic nitrogens is 3. The Morgan fingerprint density at radius 3 is 2.44 bits per heavy atom. The first-order valence-electron chi connectivity index (χ1n) is 10.6. The number of rotatable bonds is 5. The van der Waals surface area contributed by atoms with Crippen LogP contribution in [0.4, 0.5) is 18.9 Å². The normalized spacial score (nSPS) is 11.6. The second-order valence-corrected chi connectivity index (χ2v) is 8.08. The van der Waals surface area contributed by atoms with Crippen LogP contribution in [0.2, 0.25) is 0 Å². The number of aryl methyl sites for hydroxylation is 3. The van der Waals surface area contributed by atoms with Crippen LogP contribution in [0.3, 0.4) is 0 Å². The third-order valence-corrected chi connectivity index (χ3v) is 5.62. The molecule has 0 saturated heterocycles. The molecule has 2 heterocycles. The van der Waals surface area contributed by atoms with Crippen molar-refractivity contribution in [2.24, 2.45) is 0 Å². The monoisotopic (exact) mass is 468 g/mol. The third-order valence-electron chi connectivity index (χ3n) is 5.62. The molecule has 1 amide bonds. The van der Waals surface area contributed by atoms with Crippen LogP contribution in [0.5, 0.6) is 0 Å². The number of anilines is 1. The molecule has 0 saturated carbocycles. The summed E-state index contributed by atoms with van der Waals surface area (Å²) < 4.78 is 46.4. The van der Waals surface area contributed by atoms with Crippen LogP contribution >= 0.6 is 0 Å². The highest BCUT2D eigenvalue weighted by atomic mass is 19.4. The van der Waals surface area contributed by atoms with Crippen LogP contribution in [0.15, 0.2) is 52.9 Å². The average Bonchev–Trinajstić information content (AvgIpc) is 3.26. The Kier molecular flexibility index (Phi) is 6.03. The molecule has 1 N–H and O–H groups in total. The molecule has 2 aromatic heterocycles. The van der Waals surface area contributed by atoms with Crippen molar-refractivity contribution in [2.45, 2.75) is 40.3 Å². The lowest BCUT2D eigenvalue weighted by molar-refractivity contribution is -0.137. The second-order valence-electron chi connectivity index (χ2n) is 8.08. The minimum atomic E-state index is -4.45. The summed E-state index contributed by atoms with van der Waals surface area (Å²) in [5.41, 5.74) is 3.48. The van der Waals surface area contributed by atoms with E-state index < -0.39 is 11.7 Å². The minimum Gasteiger partial charge on any atom is -0.441 e. The summed E-state index contributed by atoms with van der Waals surface area (Å²) in [5, 5.41) is 7.24. The SMILES string of the molecule is Cc1nc(-c2cccc(NC(=O)Cc3c(C)nn(-c4cccc(C(F)(F)F)c4)c3C)c2)oc1C. The van der Waals surface area contributed by atoms with E-state index >= 15 is 0 Å². The molecule has 4 rings (SSSR count). The lowest BCUT2D eigenvalue weighted by Crippen LogP contribution is -2.15. The maximum absolute atomic E-state index is 13.1. The average molecular weight is 468 g/mol. The number of carbonyl (C=O) groups excluding carboxylic acids is 1. The van der Waals surface area contributed by atoms with E-state index in [4.69, 9.17) is 4.42 Å². The number of oxazole rings is 1. The zero-order valence-corrected chi connectivity index (χ0v) is 19.1. The number of nitrogens with one attached hydrogen (secondary N) is 1. The van der Waals surface area contributed by atoms with Gasteiger partial charge in [0, 0.05) is 22.5 Å². The first-order valence-corrected chi connectivity index (χ1v) is 10.6. The van der Waals surface area contributed by atoms with Crippen molar-refractivity contribution >= 4 is 11.6 Å². The predicted molar refractivity (Wildman–Crippen MR) is 122 cm³/mol. The van der Waals surface area contributed by atoms with Crippen LogP contribution in [-0.4, -0.2) is 20.7 Å². The Bertz CT molecular complexity index is 1350. The molecule has 0 aliphatic carbocycles. The Labute approximate surface area is 194 Å². The lowest BCUT2D eigenvalue weighted by Gasteiger charge is -2.10. The molecule has 176 valence electrons. The van der Waals surface area contributed by atoms with Gasteiger partial charge in [0.1, 0.15) is 5.76 Å². The number of nitrogens with zero attached hydrogens (tertiary/aromatic N) is 3. The van der Waals surface area contributed by atoms with Crippen molar-refractivity contribution in [3.05, 3.63) is 82.5 Å². The summed E-state index contributed by atoms with van der Waals surface area (Å²) in [4.78, 5) is 17.2. The van der Waals surface area contributed by atoms with Gasteiger partial charge in [0.05, 0.1) is 29.1 Å². The van der Waals surface area contributed by atoms with E-state index in [1.807, 2.05) is 19.9 Å². The topological polar surface area (TPSA) is 73.0 Å². The molecule has 0 atom stereocenters.